The zero-order chi connectivity index (χ0) is 5.86. The zero-order valence-corrected chi connectivity index (χ0v) is 3.09. The molecular formula is C3HF4. The van der Waals surface area contributed by atoms with Gasteiger partial charge in [0.05, 0.1) is 0 Å². The Morgan fingerprint density at radius 1 is 1.14 bits per heavy atom. The third kappa shape index (κ3) is 2.19. The fourth-order valence-electron chi connectivity index (χ4n) is 0.0412. The molecule has 0 aromatic heterocycles. The summed E-state index contributed by atoms with van der Waals surface area (Å²) in [6.07, 6.45) is -3.43. The lowest BCUT2D eigenvalue weighted by atomic mass is 10.6. The predicted molar refractivity (Wildman–Crippen MR) is 15.8 cm³/mol. The highest BCUT2D eigenvalue weighted by atomic mass is 19.3. The smallest absolute Gasteiger partial charge is 0.212 e. The first kappa shape index (κ1) is 6.46. The van der Waals surface area contributed by atoms with Crippen molar-refractivity contribution in [2.45, 2.75) is 0 Å². The summed E-state index contributed by atoms with van der Waals surface area (Å²) < 4.78 is 42.9. The number of rotatable bonds is 1. The first-order valence-electron chi connectivity index (χ1n) is 1.32. The van der Waals surface area contributed by atoms with E-state index in [9.17, 15) is 17.6 Å². The Bertz CT molecular complexity index is 75.0. The molecule has 0 atom stereocenters. The highest BCUT2D eigenvalue weighted by Gasteiger charge is 2.11. The van der Waals surface area contributed by atoms with Crippen LogP contribution in [0.15, 0.2) is 12.2 Å². The molecule has 0 aliphatic heterocycles. The average molecular weight is 113 g/mol. The second kappa shape index (κ2) is 2.60. The molecule has 0 rings (SSSR count). The van der Waals surface area contributed by atoms with Crippen molar-refractivity contribution >= 4 is 0 Å². The lowest BCUT2D eigenvalue weighted by molar-refractivity contribution is 0.278. The van der Waals surface area contributed by atoms with E-state index in [4.69, 9.17) is 0 Å². The van der Waals surface area contributed by atoms with Crippen LogP contribution in [0.1, 0.15) is 0 Å². The molecule has 1 radical (unpaired) electrons. The summed E-state index contributed by atoms with van der Waals surface area (Å²) in [7, 11) is 0. The Labute approximate surface area is 37.4 Å². The topological polar surface area (TPSA) is 0 Å². The minimum Gasteiger partial charge on any atom is -0.212 e. The summed E-state index contributed by atoms with van der Waals surface area (Å²) in [4.78, 5) is 0. The molecule has 0 fully saturated rings. The fraction of sp³-hybridized carbons (Fsp3) is 0. The predicted octanol–water partition coefficient (Wildman–Crippen LogP) is 2.20. The summed E-state index contributed by atoms with van der Waals surface area (Å²) in [5, 5.41) is 0. The number of halogens is 4. The largest absolute Gasteiger partial charge is 0.369 e. The molecule has 0 aromatic carbocycles. The van der Waals surface area contributed by atoms with E-state index in [1.807, 2.05) is 0 Å². The molecule has 0 nitrogen and oxygen atoms in total. The summed E-state index contributed by atoms with van der Waals surface area (Å²) in [6, 6.07) is 0. The van der Waals surface area contributed by atoms with Crippen molar-refractivity contribution in [1.82, 2.24) is 0 Å². The van der Waals surface area contributed by atoms with Gasteiger partial charge in [0.25, 0.3) is 0 Å². The second-order valence-electron chi connectivity index (χ2n) is 0.717. The summed E-state index contributed by atoms with van der Waals surface area (Å²) in [6.45, 7) is 0. The van der Waals surface area contributed by atoms with Gasteiger partial charge in [-0.1, -0.05) is 0 Å². The molecule has 0 bridgehead atoms. The van der Waals surface area contributed by atoms with Crippen LogP contribution >= 0.6 is 0 Å². The minimum atomic E-state index is -2.64. The van der Waals surface area contributed by atoms with Gasteiger partial charge >= 0.3 is 6.43 Å². The Balaban J connectivity index is 3.56. The van der Waals surface area contributed by atoms with Gasteiger partial charge in [0.2, 0.25) is 5.83 Å². The Hall–Kier alpha value is -0.540. The van der Waals surface area contributed by atoms with Crippen LogP contribution in [0.5, 0.6) is 0 Å². The van der Waals surface area contributed by atoms with E-state index < -0.39 is 18.6 Å². The Kier molecular flexibility index (Phi) is 2.40. The van der Waals surface area contributed by atoms with Crippen LogP contribution in [-0.4, -0.2) is 0 Å². The maximum Gasteiger partial charge on any atom is 0.369 e. The molecule has 0 unspecified atom stereocenters. The zero-order valence-electron chi connectivity index (χ0n) is 3.09. The molecule has 41 valence electrons. The van der Waals surface area contributed by atoms with Crippen LogP contribution in [-0.2, 0) is 0 Å². The number of allylic oxidation sites excluding steroid dienone is 1. The first-order chi connectivity index (χ1) is 3.18. The van der Waals surface area contributed by atoms with Crippen LogP contribution in [0.2, 0.25) is 0 Å². The van der Waals surface area contributed by atoms with Gasteiger partial charge in [0.1, 0.15) is 6.33 Å². The lowest BCUT2D eigenvalue weighted by Crippen LogP contribution is -1.75. The Morgan fingerprint density at radius 3 is 1.57 bits per heavy atom. The van der Waals surface area contributed by atoms with Gasteiger partial charge in [-0.3, -0.25) is 0 Å². The molecule has 7 heavy (non-hydrogen) atoms. The summed E-state index contributed by atoms with van der Waals surface area (Å²) in [5.74, 6) is -2.11. The van der Waals surface area contributed by atoms with E-state index in [1.54, 1.807) is 0 Å². The van der Waals surface area contributed by atoms with Crippen molar-refractivity contribution in [3.05, 3.63) is 18.6 Å². The standard InChI is InChI=1S/C3HF4/c4-1-2(5)3(6)7/h1H/b2-1-. The summed E-state index contributed by atoms with van der Waals surface area (Å²) in [5.41, 5.74) is 0. The van der Waals surface area contributed by atoms with Crippen molar-refractivity contribution < 1.29 is 17.6 Å². The van der Waals surface area contributed by atoms with E-state index in [1.165, 1.54) is 0 Å². The van der Waals surface area contributed by atoms with Crippen LogP contribution in [0.3, 0.4) is 0 Å². The van der Waals surface area contributed by atoms with E-state index in [-0.39, 0.29) is 0 Å². The van der Waals surface area contributed by atoms with E-state index >= 15 is 0 Å². The van der Waals surface area contributed by atoms with Crippen molar-refractivity contribution in [3.8, 4) is 0 Å². The number of hydrogen-bond donors (Lipinski definition) is 0. The molecule has 0 N–H and O–H groups in total. The SMILES string of the molecule is F/C=C(\F)[C](F)F. The minimum absolute atomic E-state index is 0.796. The van der Waals surface area contributed by atoms with Gasteiger partial charge in [0, 0.05) is 0 Å². The quantitative estimate of drug-likeness (QED) is 0.457. The van der Waals surface area contributed by atoms with Crippen molar-refractivity contribution in [2.75, 3.05) is 0 Å². The van der Waals surface area contributed by atoms with Gasteiger partial charge in [-0.05, 0) is 0 Å². The molecular weight excluding hydrogens is 112 g/mol. The first-order valence-corrected chi connectivity index (χ1v) is 1.32. The molecule has 0 aliphatic carbocycles. The van der Waals surface area contributed by atoms with Crippen molar-refractivity contribution in [1.29, 1.82) is 0 Å². The fourth-order valence-corrected chi connectivity index (χ4v) is 0.0412. The highest BCUT2D eigenvalue weighted by molar-refractivity contribution is 4.99. The third-order valence-electron chi connectivity index (χ3n) is 0.276. The van der Waals surface area contributed by atoms with Gasteiger partial charge in [-0.25, -0.2) is 8.78 Å². The van der Waals surface area contributed by atoms with Crippen LogP contribution in [0.4, 0.5) is 17.6 Å². The maximum absolute atomic E-state index is 11.0. The number of hydrogen-bond acceptors (Lipinski definition) is 0. The highest BCUT2D eigenvalue weighted by Crippen LogP contribution is 2.16. The van der Waals surface area contributed by atoms with Crippen LogP contribution in [0.25, 0.3) is 0 Å². The molecule has 0 aromatic rings. The van der Waals surface area contributed by atoms with Gasteiger partial charge < -0.3 is 0 Å². The van der Waals surface area contributed by atoms with Crippen LogP contribution in [0, 0.1) is 6.43 Å². The second-order valence-corrected chi connectivity index (χ2v) is 0.717. The lowest BCUT2D eigenvalue weighted by Gasteiger charge is -1.82. The van der Waals surface area contributed by atoms with Gasteiger partial charge in [0.15, 0.2) is 0 Å². The third-order valence-corrected chi connectivity index (χ3v) is 0.276. The van der Waals surface area contributed by atoms with Crippen molar-refractivity contribution in [2.24, 2.45) is 0 Å². The van der Waals surface area contributed by atoms with E-state index in [0.29, 0.717) is 0 Å². The average Bonchev–Trinajstić information content (AvgIpc) is 1.65. The monoisotopic (exact) mass is 113 g/mol. The Morgan fingerprint density at radius 2 is 1.57 bits per heavy atom. The van der Waals surface area contributed by atoms with E-state index in [0.717, 1.165) is 0 Å². The summed E-state index contributed by atoms with van der Waals surface area (Å²) >= 11 is 0. The molecule has 0 saturated carbocycles. The molecule has 0 amide bonds. The molecule has 0 spiro atoms. The van der Waals surface area contributed by atoms with Crippen molar-refractivity contribution in [3.63, 3.8) is 0 Å². The van der Waals surface area contributed by atoms with Gasteiger partial charge in [-0.15, -0.1) is 0 Å². The normalized spacial score (nSPS) is 13.0. The molecule has 4 heteroatoms. The van der Waals surface area contributed by atoms with E-state index in [2.05, 4.69) is 0 Å². The maximum atomic E-state index is 11.0. The van der Waals surface area contributed by atoms with Crippen LogP contribution < -0.4 is 0 Å². The van der Waals surface area contributed by atoms with Gasteiger partial charge in [-0.2, -0.15) is 8.78 Å². The molecule has 0 aliphatic rings. The molecule has 0 saturated heterocycles. The molecule has 0 heterocycles.